The molecule has 1 aliphatic heterocycles. The lowest BCUT2D eigenvalue weighted by molar-refractivity contribution is 0.0669. The van der Waals surface area contributed by atoms with E-state index >= 15 is 0 Å². The van der Waals surface area contributed by atoms with Crippen LogP contribution < -0.4 is 4.74 Å². The molecule has 1 saturated heterocycles. The van der Waals surface area contributed by atoms with E-state index in [-0.39, 0.29) is 6.10 Å². The van der Waals surface area contributed by atoms with Gasteiger partial charge in [-0.1, -0.05) is 12.1 Å². The zero-order chi connectivity index (χ0) is 16.1. The molecule has 23 heavy (non-hydrogen) atoms. The van der Waals surface area contributed by atoms with E-state index in [1.807, 2.05) is 12.1 Å². The van der Waals surface area contributed by atoms with E-state index < -0.39 is 0 Å². The van der Waals surface area contributed by atoms with Crippen molar-refractivity contribution in [3.63, 3.8) is 0 Å². The van der Waals surface area contributed by atoms with Crippen molar-refractivity contribution in [1.29, 1.82) is 0 Å². The highest BCUT2D eigenvalue weighted by Gasteiger charge is 2.20. The smallest absolute Gasteiger partial charge is 0.188 e. The lowest BCUT2D eigenvalue weighted by atomic mass is 10.1. The fourth-order valence-corrected chi connectivity index (χ4v) is 2.88. The summed E-state index contributed by atoms with van der Waals surface area (Å²) in [6.07, 6.45) is 2.54. The highest BCUT2D eigenvalue weighted by Crippen LogP contribution is 2.18. The van der Waals surface area contributed by atoms with Gasteiger partial charge in [-0.05, 0) is 35.8 Å². The van der Waals surface area contributed by atoms with Crippen LogP contribution in [0.3, 0.4) is 0 Å². The van der Waals surface area contributed by atoms with Gasteiger partial charge in [0.2, 0.25) is 0 Å². The Morgan fingerprint density at radius 1 is 1.39 bits per heavy atom. The summed E-state index contributed by atoms with van der Waals surface area (Å²) < 4.78 is 11.1. The van der Waals surface area contributed by atoms with Crippen molar-refractivity contribution in [2.24, 2.45) is 7.05 Å². The number of aromatic nitrogens is 4. The van der Waals surface area contributed by atoms with Crippen LogP contribution in [0, 0.1) is 0 Å². The van der Waals surface area contributed by atoms with Crippen molar-refractivity contribution in [1.82, 2.24) is 25.1 Å². The summed E-state index contributed by atoms with van der Waals surface area (Å²) in [4.78, 5) is 3.80. The first-order valence-corrected chi connectivity index (χ1v) is 7.92. The monoisotopic (exact) mass is 317 g/mol. The molecular weight excluding hydrogens is 294 g/mol. The molecule has 7 heteroatoms. The minimum Gasteiger partial charge on any atom is -0.497 e. The van der Waals surface area contributed by atoms with E-state index in [0.717, 1.165) is 44.1 Å². The number of aryl methyl sites for hydroxylation is 1. The topological polar surface area (TPSA) is 65.3 Å². The quantitative estimate of drug-likeness (QED) is 0.769. The van der Waals surface area contributed by atoms with E-state index in [0.29, 0.717) is 6.54 Å². The predicted octanol–water partition coefficient (Wildman–Crippen LogP) is 1.40. The number of tetrazole rings is 1. The molecule has 0 spiro atoms. The maximum atomic E-state index is 5.78. The van der Waals surface area contributed by atoms with Gasteiger partial charge >= 0.3 is 0 Å². The van der Waals surface area contributed by atoms with Gasteiger partial charge in [0, 0.05) is 19.7 Å². The first-order chi connectivity index (χ1) is 11.2. The Labute approximate surface area is 136 Å². The highest BCUT2D eigenvalue weighted by molar-refractivity contribution is 5.28. The Hall–Kier alpha value is -1.99. The summed E-state index contributed by atoms with van der Waals surface area (Å²) in [7, 11) is 3.47. The Kier molecular flexibility index (Phi) is 5.19. The van der Waals surface area contributed by atoms with Crippen LogP contribution in [-0.2, 0) is 24.9 Å². The highest BCUT2D eigenvalue weighted by atomic mass is 16.5. The minimum absolute atomic E-state index is 0.289. The summed E-state index contributed by atoms with van der Waals surface area (Å²) in [6.45, 7) is 3.19. The van der Waals surface area contributed by atoms with Crippen molar-refractivity contribution in [3.05, 3.63) is 35.7 Å². The first kappa shape index (κ1) is 15.9. The van der Waals surface area contributed by atoms with E-state index in [9.17, 15) is 0 Å². The van der Waals surface area contributed by atoms with Gasteiger partial charge in [-0.3, -0.25) is 4.90 Å². The van der Waals surface area contributed by atoms with Crippen LogP contribution in [0.4, 0.5) is 0 Å². The molecule has 1 aromatic heterocycles. The van der Waals surface area contributed by atoms with Gasteiger partial charge in [0.1, 0.15) is 5.75 Å². The summed E-state index contributed by atoms with van der Waals surface area (Å²) in [6, 6.07) is 8.14. The lowest BCUT2D eigenvalue weighted by Crippen LogP contribution is -2.32. The Bertz CT molecular complexity index is 624. The number of methoxy groups -OCH3 is 1. The molecule has 0 bridgehead atoms. The van der Waals surface area contributed by atoms with Gasteiger partial charge in [0.25, 0.3) is 0 Å². The number of hydrogen-bond donors (Lipinski definition) is 0. The van der Waals surface area contributed by atoms with E-state index in [1.54, 1.807) is 14.2 Å². The van der Waals surface area contributed by atoms with E-state index in [2.05, 4.69) is 32.4 Å². The number of rotatable bonds is 7. The molecule has 2 aromatic rings. The van der Waals surface area contributed by atoms with Gasteiger partial charge in [0.05, 0.1) is 26.8 Å². The van der Waals surface area contributed by atoms with Crippen LogP contribution in [0.25, 0.3) is 0 Å². The molecule has 7 nitrogen and oxygen atoms in total. The Morgan fingerprint density at radius 2 is 2.30 bits per heavy atom. The second kappa shape index (κ2) is 7.52. The number of ether oxygens (including phenoxy) is 2. The average molecular weight is 317 g/mol. The maximum Gasteiger partial charge on any atom is 0.188 e. The number of nitrogens with zero attached hydrogens (tertiary/aromatic N) is 5. The number of hydrogen-bond acceptors (Lipinski definition) is 6. The molecule has 1 atom stereocenters. The van der Waals surface area contributed by atoms with Gasteiger partial charge in [-0.2, -0.15) is 4.80 Å². The van der Waals surface area contributed by atoms with Crippen LogP contribution in [0.5, 0.6) is 5.75 Å². The van der Waals surface area contributed by atoms with Crippen LogP contribution >= 0.6 is 0 Å². The molecule has 0 radical (unpaired) electrons. The van der Waals surface area contributed by atoms with Crippen LogP contribution in [0.15, 0.2) is 24.3 Å². The molecule has 124 valence electrons. The molecular formula is C16H23N5O2. The minimum atomic E-state index is 0.289. The second-order valence-electron chi connectivity index (χ2n) is 5.85. The molecule has 0 saturated carbocycles. The maximum absolute atomic E-state index is 5.78. The van der Waals surface area contributed by atoms with Gasteiger partial charge in [-0.15, -0.1) is 10.2 Å². The summed E-state index contributed by atoms with van der Waals surface area (Å²) in [5.74, 6) is 1.60. The van der Waals surface area contributed by atoms with E-state index in [4.69, 9.17) is 9.47 Å². The summed E-state index contributed by atoms with van der Waals surface area (Å²) in [5, 5.41) is 12.3. The van der Waals surface area contributed by atoms with Crippen LogP contribution in [0.2, 0.25) is 0 Å². The van der Waals surface area contributed by atoms with Crippen molar-refractivity contribution in [3.8, 4) is 5.75 Å². The normalized spacial score (nSPS) is 17.8. The molecule has 2 heterocycles. The molecule has 1 fully saturated rings. The molecule has 0 N–H and O–H groups in total. The standard InChI is InChI=1S/C16H23N5O2/c1-20-18-16(17-19-20)12-21(11-15-7-4-8-23-15)10-13-5-3-6-14(9-13)22-2/h3,5-6,9,15H,4,7-8,10-12H2,1-2H3. The largest absolute Gasteiger partial charge is 0.497 e. The molecule has 1 aliphatic rings. The summed E-state index contributed by atoms with van der Waals surface area (Å²) in [5.41, 5.74) is 1.20. The Morgan fingerprint density at radius 3 is 3.00 bits per heavy atom. The van der Waals surface area contributed by atoms with Crippen LogP contribution in [-0.4, -0.2) is 51.5 Å². The summed E-state index contributed by atoms with van der Waals surface area (Å²) >= 11 is 0. The third kappa shape index (κ3) is 4.49. The fraction of sp³-hybridized carbons (Fsp3) is 0.562. The van der Waals surface area contributed by atoms with Crippen molar-refractivity contribution < 1.29 is 9.47 Å². The van der Waals surface area contributed by atoms with Gasteiger partial charge < -0.3 is 9.47 Å². The van der Waals surface area contributed by atoms with Crippen molar-refractivity contribution in [2.75, 3.05) is 20.3 Å². The third-order valence-electron chi connectivity index (χ3n) is 3.94. The SMILES string of the molecule is COc1cccc(CN(Cc2nnn(C)n2)CC2CCCO2)c1. The lowest BCUT2D eigenvalue weighted by Gasteiger charge is -2.24. The first-order valence-electron chi connectivity index (χ1n) is 7.92. The second-order valence-corrected chi connectivity index (χ2v) is 5.85. The third-order valence-corrected chi connectivity index (χ3v) is 3.94. The molecule has 1 unspecified atom stereocenters. The molecule has 3 rings (SSSR count). The van der Waals surface area contributed by atoms with Crippen LogP contribution in [0.1, 0.15) is 24.2 Å². The molecule has 0 amide bonds. The van der Waals surface area contributed by atoms with E-state index in [1.165, 1.54) is 10.4 Å². The molecule has 0 aliphatic carbocycles. The zero-order valence-electron chi connectivity index (χ0n) is 13.7. The van der Waals surface area contributed by atoms with Crippen molar-refractivity contribution >= 4 is 0 Å². The average Bonchev–Trinajstić information content (AvgIpc) is 3.19. The molecule has 1 aromatic carbocycles. The van der Waals surface area contributed by atoms with Gasteiger partial charge in [0.15, 0.2) is 5.82 Å². The fourth-order valence-electron chi connectivity index (χ4n) is 2.88. The predicted molar refractivity (Wildman–Crippen MR) is 84.9 cm³/mol. The Balaban J connectivity index is 1.70. The number of benzene rings is 1. The van der Waals surface area contributed by atoms with Crippen molar-refractivity contribution in [2.45, 2.75) is 32.0 Å². The van der Waals surface area contributed by atoms with Gasteiger partial charge in [-0.25, -0.2) is 0 Å². The zero-order valence-corrected chi connectivity index (χ0v) is 13.7.